The van der Waals surface area contributed by atoms with E-state index in [1.54, 1.807) is 43.3 Å². The van der Waals surface area contributed by atoms with Gasteiger partial charge in [0.15, 0.2) is 0 Å². The van der Waals surface area contributed by atoms with Crippen molar-refractivity contribution in [2.45, 2.75) is 51.6 Å². The Kier molecular flexibility index (Phi) is 10.5. The number of hydrogen-bond donors (Lipinski definition) is 1. The van der Waals surface area contributed by atoms with Crippen molar-refractivity contribution in [2.24, 2.45) is 0 Å². The van der Waals surface area contributed by atoms with Crippen molar-refractivity contribution in [1.82, 2.24) is 10.2 Å². The maximum Gasteiger partial charge on any atom is 0.264 e. The molecule has 2 amide bonds. The molecule has 0 saturated heterocycles. The molecule has 3 rings (SSSR count). The van der Waals surface area contributed by atoms with E-state index in [4.69, 9.17) is 4.74 Å². The Balaban J connectivity index is 1.99. The highest BCUT2D eigenvalue weighted by Crippen LogP contribution is 2.26. The van der Waals surface area contributed by atoms with Crippen molar-refractivity contribution in [3.63, 3.8) is 0 Å². The van der Waals surface area contributed by atoms with Gasteiger partial charge in [0.1, 0.15) is 18.3 Å². The van der Waals surface area contributed by atoms with Crippen LogP contribution >= 0.6 is 0 Å². The Morgan fingerprint density at radius 1 is 0.923 bits per heavy atom. The first-order chi connectivity index (χ1) is 18.7. The van der Waals surface area contributed by atoms with Crippen LogP contribution in [0.4, 0.5) is 5.69 Å². The van der Waals surface area contributed by atoms with Crippen LogP contribution in [-0.4, -0.2) is 50.9 Å². The molecule has 0 bridgehead atoms. The normalized spacial score (nSPS) is 11.9. The molecule has 208 valence electrons. The number of benzene rings is 3. The predicted molar refractivity (Wildman–Crippen MR) is 153 cm³/mol. The van der Waals surface area contributed by atoms with Crippen LogP contribution < -0.4 is 14.4 Å². The molecule has 0 saturated carbocycles. The van der Waals surface area contributed by atoms with Crippen molar-refractivity contribution in [3.05, 3.63) is 90.0 Å². The van der Waals surface area contributed by atoms with E-state index in [-0.39, 0.29) is 17.3 Å². The maximum atomic E-state index is 13.9. The Hall–Kier alpha value is -3.85. The summed E-state index contributed by atoms with van der Waals surface area (Å²) >= 11 is 0. The van der Waals surface area contributed by atoms with E-state index in [0.29, 0.717) is 24.6 Å². The van der Waals surface area contributed by atoms with Crippen LogP contribution in [0.15, 0.2) is 83.8 Å². The van der Waals surface area contributed by atoms with Gasteiger partial charge >= 0.3 is 0 Å². The van der Waals surface area contributed by atoms with Gasteiger partial charge in [-0.25, -0.2) is 8.42 Å². The predicted octanol–water partition coefficient (Wildman–Crippen LogP) is 4.53. The lowest BCUT2D eigenvalue weighted by Gasteiger charge is -2.32. The average Bonchev–Trinajstić information content (AvgIpc) is 2.94. The van der Waals surface area contributed by atoms with E-state index < -0.39 is 28.5 Å². The zero-order valence-electron chi connectivity index (χ0n) is 23.0. The summed E-state index contributed by atoms with van der Waals surface area (Å²) in [6, 6.07) is 21.6. The molecule has 0 spiro atoms. The summed E-state index contributed by atoms with van der Waals surface area (Å²) in [7, 11) is -4.13. The molecule has 0 aromatic heterocycles. The summed E-state index contributed by atoms with van der Waals surface area (Å²) in [5.74, 6) is -0.235. The number of sulfonamides is 1. The van der Waals surface area contributed by atoms with E-state index in [2.05, 4.69) is 5.32 Å². The number of nitrogens with zero attached hydrogens (tertiary/aromatic N) is 2. The number of rotatable bonds is 13. The van der Waals surface area contributed by atoms with Gasteiger partial charge in [-0.1, -0.05) is 55.0 Å². The van der Waals surface area contributed by atoms with Crippen LogP contribution in [0.5, 0.6) is 5.75 Å². The van der Waals surface area contributed by atoms with E-state index in [1.807, 2.05) is 51.1 Å². The second kappa shape index (κ2) is 13.8. The standard InChI is InChI=1S/C30H37N3O5S/c1-5-20-31-30(35)24(4)32(21-25-10-8-7-9-11-25)29(34)22-33(26-14-12-23(3)13-15-26)39(36,37)28-18-16-27(17-19-28)38-6-2/h7-19,24H,5-6,20-22H2,1-4H3,(H,31,35)/t24-/m0/s1. The van der Waals surface area contributed by atoms with Gasteiger partial charge in [0, 0.05) is 13.1 Å². The molecular formula is C30H37N3O5S. The number of carbonyl (C=O) groups excluding carboxylic acids is 2. The van der Waals surface area contributed by atoms with Gasteiger partial charge in [-0.2, -0.15) is 0 Å². The third-order valence-electron chi connectivity index (χ3n) is 6.24. The highest BCUT2D eigenvalue weighted by Gasteiger charge is 2.32. The minimum Gasteiger partial charge on any atom is -0.494 e. The molecule has 1 N–H and O–H groups in total. The number of nitrogens with one attached hydrogen (secondary N) is 1. The summed E-state index contributed by atoms with van der Waals surface area (Å²) in [6.07, 6.45) is 0.757. The second-order valence-corrected chi connectivity index (χ2v) is 11.1. The van der Waals surface area contributed by atoms with Crippen molar-refractivity contribution in [1.29, 1.82) is 0 Å². The molecule has 3 aromatic rings. The third kappa shape index (κ3) is 7.83. The molecule has 0 aliphatic carbocycles. The number of carbonyl (C=O) groups is 2. The Labute approximate surface area is 231 Å². The molecule has 0 aliphatic rings. The van der Waals surface area contributed by atoms with Gasteiger partial charge in [0.05, 0.1) is 17.2 Å². The summed E-state index contributed by atoms with van der Waals surface area (Å²) in [5.41, 5.74) is 2.14. The van der Waals surface area contributed by atoms with Crippen molar-refractivity contribution >= 4 is 27.5 Å². The Bertz CT molecular complexity index is 1330. The largest absolute Gasteiger partial charge is 0.494 e. The first-order valence-electron chi connectivity index (χ1n) is 13.1. The number of amides is 2. The molecule has 3 aromatic carbocycles. The monoisotopic (exact) mass is 551 g/mol. The summed E-state index contributed by atoms with van der Waals surface area (Å²) < 4.78 is 34.3. The highest BCUT2D eigenvalue weighted by atomic mass is 32.2. The average molecular weight is 552 g/mol. The molecule has 0 fully saturated rings. The minimum absolute atomic E-state index is 0.0303. The quantitative estimate of drug-likeness (QED) is 0.337. The van der Waals surface area contributed by atoms with E-state index in [0.717, 1.165) is 21.9 Å². The van der Waals surface area contributed by atoms with Crippen LogP contribution in [-0.2, 0) is 26.2 Å². The van der Waals surface area contributed by atoms with E-state index in [9.17, 15) is 18.0 Å². The molecule has 9 heteroatoms. The first kappa shape index (κ1) is 29.7. The topological polar surface area (TPSA) is 96.0 Å². The van der Waals surface area contributed by atoms with Gasteiger partial charge in [0.25, 0.3) is 10.0 Å². The second-order valence-electron chi connectivity index (χ2n) is 9.23. The number of anilines is 1. The Morgan fingerprint density at radius 2 is 1.56 bits per heavy atom. The molecule has 8 nitrogen and oxygen atoms in total. The lowest BCUT2D eigenvalue weighted by molar-refractivity contribution is -0.139. The minimum atomic E-state index is -4.13. The third-order valence-corrected chi connectivity index (χ3v) is 8.02. The summed E-state index contributed by atoms with van der Waals surface area (Å²) in [5, 5.41) is 2.84. The smallest absolute Gasteiger partial charge is 0.264 e. The lowest BCUT2D eigenvalue weighted by atomic mass is 10.1. The lowest BCUT2D eigenvalue weighted by Crippen LogP contribution is -2.51. The highest BCUT2D eigenvalue weighted by molar-refractivity contribution is 7.92. The molecule has 0 radical (unpaired) electrons. The molecular weight excluding hydrogens is 514 g/mol. The van der Waals surface area contributed by atoms with Crippen LogP contribution in [0.25, 0.3) is 0 Å². The number of aryl methyl sites for hydroxylation is 1. The van der Waals surface area contributed by atoms with Gasteiger partial charge < -0.3 is 15.0 Å². The molecule has 39 heavy (non-hydrogen) atoms. The number of ether oxygens (including phenoxy) is 1. The van der Waals surface area contributed by atoms with Gasteiger partial charge in [-0.15, -0.1) is 0 Å². The molecule has 1 atom stereocenters. The van der Waals surface area contributed by atoms with E-state index >= 15 is 0 Å². The SMILES string of the molecule is CCCNC(=O)[C@H](C)N(Cc1ccccc1)C(=O)CN(c1ccc(C)cc1)S(=O)(=O)c1ccc(OCC)cc1. The van der Waals surface area contributed by atoms with Crippen LogP contribution in [0.2, 0.25) is 0 Å². The maximum absolute atomic E-state index is 13.9. The van der Waals surface area contributed by atoms with Crippen molar-refractivity contribution < 1.29 is 22.7 Å². The zero-order chi connectivity index (χ0) is 28.4. The van der Waals surface area contributed by atoms with E-state index in [1.165, 1.54) is 17.0 Å². The van der Waals surface area contributed by atoms with Gasteiger partial charge in [-0.05, 0) is 69.2 Å². The van der Waals surface area contributed by atoms with Crippen molar-refractivity contribution in [2.75, 3.05) is 24.0 Å². The van der Waals surface area contributed by atoms with Crippen molar-refractivity contribution in [3.8, 4) is 5.75 Å². The molecule has 0 aliphatic heterocycles. The fourth-order valence-electron chi connectivity index (χ4n) is 4.00. The number of hydrogen-bond acceptors (Lipinski definition) is 5. The summed E-state index contributed by atoms with van der Waals surface area (Å²) in [6.45, 7) is 7.97. The zero-order valence-corrected chi connectivity index (χ0v) is 23.8. The van der Waals surface area contributed by atoms with Crippen LogP contribution in [0.3, 0.4) is 0 Å². The van der Waals surface area contributed by atoms with Crippen LogP contribution in [0.1, 0.15) is 38.3 Å². The van der Waals surface area contributed by atoms with Crippen LogP contribution in [0, 0.1) is 6.92 Å². The molecule has 0 heterocycles. The Morgan fingerprint density at radius 3 is 2.15 bits per heavy atom. The summed E-state index contributed by atoms with van der Waals surface area (Å²) in [4.78, 5) is 28.2. The van der Waals surface area contributed by atoms with Gasteiger partial charge in [0.2, 0.25) is 11.8 Å². The van der Waals surface area contributed by atoms with Gasteiger partial charge in [-0.3, -0.25) is 13.9 Å². The fraction of sp³-hybridized carbons (Fsp3) is 0.333. The first-order valence-corrected chi connectivity index (χ1v) is 14.5. The molecule has 0 unspecified atom stereocenters. The fourth-order valence-corrected chi connectivity index (χ4v) is 5.41.